The molecule has 32 heavy (non-hydrogen) atoms. The molecule has 0 N–H and O–H groups in total. The summed E-state index contributed by atoms with van der Waals surface area (Å²) in [7, 11) is 2.81. The summed E-state index contributed by atoms with van der Waals surface area (Å²) < 4.78 is 21.1. The van der Waals surface area contributed by atoms with Gasteiger partial charge in [0.25, 0.3) is 0 Å². The van der Waals surface area contributed by atoms with E-state index in [-0.39, 0.29) is 46.0 Å². The lowest BCUT2D eigenvalue weighted by Crippen LogP contribution is -2.14. The molecule has 8 heteroatoms. The Labute approximate surface area is 183 Å². The first-order valence-electron chi connectivity index (χ1n) is 9.32. The van der Waals surface area contributed by atoms with Gasteiger partial charge >= 0.3 is 11.9 Å². The summed E-state index contributed by atoms with van der Waals surface area (Å²) in [6.07, 6.45) is 0.127. The fourth-order valence-corrected chi connectivity index (χ4v) is 2.83. The molecule has 0 unspecified atom stereocenters. The van der Waals surface area contributed by atoms with Gasteiger partial charge in [-0.15, -0.1) is 0 Å². The van der Waals surface area contributed by atoms with Crippen molar-refractivity contribution in [2.24, 2.45) is 0 Å². The van der Waals surface area contributed by atoms with Crippen molar-refractivity contribution in [2.45, 2.75) is 0 Å². The molecule has 0 bridgehead atoms. The van der Waals surface area contributed by atoms with Crippen molar-refractivity contribution >= 4 is 24.0 Å². The molecule has 3 aromatic rings. The number of esters is 2. The van der Waals surface area contributed by atoms with Gasteiger partial charge in [0.1, 0.15) is 22.6 Å². The van der Waals surface area contributed by atoms with Crippen LogP contribution in [-0.4, -0.2) is 38.2 Å². The summed E-state index contributed by atoms with van der Waals surface area (Å²) in [5, 5.41) is 0. The van der Waals surface area contributed by atoms with Gasteiger partial charge in [0.2, 0.25) is 5.78 Å². The molecule has 0 amide bonds. The largest absolute Gasteiger partial charge is 0.496 e. The monoisotopic (exact) mass is 434 g/mol. The molecular formula is C24H18O8. The first-order chi connectivity index (χ1) is 15.5. The highest BCUT2D eigenvalue weighted by molar-refractivity contribution is 6.33. The minimum atomic E-state index is -0.831. The zero-order valence-corrected chi connectivity index (χ0v) is 17.2. The van der Waals surface area contributed by atoms with Crippen molar-refractivity contribution in [1.82, 2.24) is 0 Å². The van der Waals surface area contributed by atoms with Gasteiger partial charge in [0, 0.05) is 5.56 Å². The Balaban J connectivity index is 1.97. The number of carbonyl (C=O) groups is 4. The second-order valence-electron chi connectivity index (χ2n) is 6.32. The van der Waals surface area contributed by atoms with Crippen LogP contribution in [0.15, 0.2) is 66.7 Å². The average Bonchev–Trinajstić information content (AvgIpc) is 2.84. The Morgan fingerprint density at radius 3 is 1.66 bits per heavy atom. The van der Waals surface area contributed by atoms with Gasteiger partial charge in [-0.25, -0.2) is 9.59 Å². The number of benzene rings is 3. The van der Waals surface area contributed by atoms with Crippen LogP contribution < -0.4 is 18.9 Å². The number of hydrogen-bond donors (Lipinski definition) is 0. The van der Waals surface area contributed by atoms with E-state index in [0.29, 0.717) is 0 Å². The molecule has 0 radical (unpaired) electrons. The zero-order chi connectivity index (χ0) is 23.1. The Morgan fingerprint density at radius 1 is 0.656 bits per heavy atom. The highest BCUT2D eigenvalue weighted by Crippen LogP contribution is 2.32. The molecule has 0 fully saturated rings. The maximum Gasteiger partial charge on any atom is 0.347 e. The van der Waals surface area contributed by atoms with Crippen LogP contribution in [0.5, 0.6) is 23.0 Å². The third-order valence-electron chi connectivity index (χ3n) is 4.39. The number of rotatable bonds is 8. The van der Waals surface area contributed by atoms with Crippen LogP contribution in [0.3, 0.4) is 0 Å². The predicted octanol–water partition coefficient (Wildman–Crippen LogP) is 3.52. The fourth-order valence-electron chi connectivity index (χ4n) is 2.83. The van der Waals surface area contributed by atoms with E-state index in [1.807, 2.05) is 0 Å². The minimum Gasteiger partial charge on any atom is -0.496 e. The van der Waals surface area contributed by atoms with Gasteiger partial charge in [0.15, 0.2) is 17.8 Å². The first kappa shape index (κ1) is 22.2. The van der Waals surface area contributed by atoms with Crippen molar-refractivity contribution in [3.8, 4) is 23.0 Å². The summed E-state index contributed by atoms with van der Waals surface area (Å²) in [4.78, 5) is 48.1. The van der Waals surface area contributed by atoms with Gasteiger partial charge in [-0.2, -0.15) is 0 Å². The second-order valence-corrected chi connectivity index (χ2v) is 6.32. The summed E-state index contributed by atoms with van der Waals surface area (Å²) in [6, 6.07) is 16.5. The van der Waals surface area contributed by atoms with E-state index in [0.717, 1.165) is 6.07 Å². The van der Waals surface area contributed by atoms with Crippen molar-refractivity contribution in [3.63, 3.8) is 0 Å². The fraction of sp³-hybridized carbons (Fsp3) is 0.0833. The van der Waals surface area contributed by atoms with E-state index in [1.54, 1.807) is 36.4 Å². The van der Waals surface area contributed by atoms with Crippen LogP contribution in [-0.2, 0) is 4.79 Å². The predicted molar refractivity (Wildman–Crippen MR) is 113 cm³/mol. The Morgan fingerprint density at radius 2 is 1.16 bits per heavy atom. The molecule has 0 atom stereocenters. The van der Waals surface area contributed by atoms with Crippen molar-refractivity contribution < 1.29 is 38.1 Å². The Hall–Kier alpha value is -4.46. The molecule has 3 aromatic carbocycles. The molecule has 0 heterocycles. The topological polar surface area (TPSA) is 105 Å². The van der Waals surface area contributed by atoms with Gasteiger partial charge in [-0.3, -0.25) is 9.59 Å². The third-order valence-corrected chi connectivity index (χ3v) is 4.39. The molecular weight excluding hydrogens is 416 g/mol. The number of carbonyl (C=O) groups excluding carboxylic acids is 4. The number of ketones is 1. The molecule has 0 aromatic heterocycles. The van der Waals surface area contributed by atoms with E-state index in [9.17, 15) is 19.2 Å². The highest BCUT2D eigenvalue weighted by atomic mass is 16.6. The van der Waals surface area contributed by atoms with Crippen molar-refractivity contribution in [1.29, 1.82) is 0 Å². The number of methoxy groups -OCH3 is 2. The van der Waals surface area contributed by atoms with Crippen LogP contribution in [0.25, 0.3) is 0 Å². The molecule has 8 nitrogen and oxygen atoms in total. The molecule has 0 spiro atoms. The molecule has 162 valence electrons. The summed E-state index contributed by atoms with van der Waals surface area (Å²) in [5.74, 6) is -2.21. The lowest BCUT2D eigenvalue weighted by atomic mass is 10.1. The summed E-state index contributed by atoms with van der Waals surface area (Å²) in [5.41, 5.74) is 0.217. The first-order valence-corrected chi connectivity index (χ1v) is 9.32. The number of aldehydes is 1. The Kier molecular flexibility index (Phi) is 6.97. The van der Waals surface area contributed by atoms with Gasteiger partial charge in [-0.1, -0.05) is 24.3 Å². The lowest BCUT2D eigenvalue weighted by molar-refractivity contribution is -0.104. The smallest absolute Gasteiger partial charge is 0.347 e. The maximum absolute atomic E-state index is 12.7. The van der Waals surface area contributed by atoms with Crippen molar-refractivity contribution in [3.05, 3.63) is 83.4 Å². The quantitative estimate of drug-likeness (QED) is 0.174. The SMILES string of the molecule is COc1ccccc1C(=O)Oc1ccc(C(=O)C=O)cc1OC(=O)c1ccccc1OC. The molecule has 0 aliphatic carbocycles. The summed E-state index contributed by atoms with van der Waals surface area (Å²) in [6.45, 7) is 0. The summed E-state index contributed by atoms with van der Waals surface area (Å²) >= 11 is 0. The Bertz CT molecular complexity index is 1180. The lowest BCUT2D eigenvalue weighted by Gasteiger charge is -2.13. The molecule has 0 aliphatic heterocycles. The molecule has 3 rings (SSSR count). The second kappa shape index (κ2) is 10.0. The maximum atomic E-state index is 12.7. The average molecular weight is 434 g/mol. The molecule has 0 saturated carbocycles. The molecule has 0 aliphatic rings. The van der Waals surface area contributed by atoms with E-state index in [4.69, 9.17) is 18.9 Å². The van der Waals surface area contributed by atoms with E-state index < -0.39 is 17.7 Å². The van der Waals surface area contributed by atoms with Crippen LogP contribution in [0.2, 0.25) is 0 Å². The van der Waals surface area contributed by atoms with E-state index in [1.165, 1.54) is 38.5 Å². The highest BCUT2D eigenvalue weighted by Gasteiger charge is 2.21. The molecule has 0 saturated heterocycles. The zero-order valence-electron chi connectivity index (χ0n) is 17.2. The van der Waals surface area contributed by atoms with Gasteiger partial charge in [-0.05, 0) is 42.5 Å². The third kappa shape index (κ3) is 4.81. The van der Waals surface area contributed by atoms with Crippen LogP contribution in [0.4, 0.5) is 0 Å². The normalized spacial score (nSPS) is 10.1. The number of Topliss-reactive ketones (excluding diaryl/α,β-unsaturated/α-hetero) is 1. The standard InChI is InChI=1S/C24H18O8/c1-29-19-9-5-3-7-16(19)23(27)31-21-12-11-15(18(26)14-25)13-22(21)32-24(28)17-8-4-6-10-20(17)30-2/h3-14H,1-2H3. The number of ether oxygens (including phenoxy) is 4. The van der Waals surface area contributed by atoms with Crippen LogP contribution in [0.1, 0.15) is 31.1 Å². The van der Waals surface area contributed by atoms with Crippen LogP contribution >= 0.6 is 0 Å². The number of para-hydroxylation sites is 2. The van der Waals surface area contributed by atoms with E-state index >= 15 is 0 Å². The van der Waals surface area contributed by atoms with Crippen molar-refractivity contribution in [2.75, 3.05) is 14.2 Å². The minimum absolute atomic E-state index is 0.0417. The van der Waals surface area contributed by atoms with E-state index in [2.05, 4.69) is 0 Å². The van der Waals surface area contributed by atoms with Gasteiger partial charge < -0.3 is 18.9 Å². The van der Waals surface area contributed by atoms with Gasteiger partial charge in [0.05, 0.1) is 14.2 Å². The van der Waals surface area contributed by atoms with Crippen LogP contribution in [0, 0.1) is 0 Å². The number of hydrogen-bond acceptors (Lipinski definition) is 8.